The Labute approximate surface area is 79.2 Å². The monoisotopic (exact) mass is 195 g/mol. The average Bonchev–Trinajstić information content (AvgIpc) is 2.17. The molecule has 1 aromatic rings. The number of hydrogen-bond donors (Lipinski definition) is 0. The number of anilines is 1. The van der Waals surface area contributed by atoms with Crippen molar-refractivity contribution in [2.24, 2.45) is 0 Å². The van der Waals surface area contributed by atoms with E-state index in [2.05, 4.69) is 49.3 Å². The second kappa shape index (κ2) is 3.51. The van der Waals surface area contributed by atoms with E-state index in [1.807, 2.05) is 0 Å². The van der Waals surface area contributed by atoms with Crippen LogP contribution in [-0.4, -0.2) is 6.29 Å². The zero-order valence-electron chi connectivity index (χ0n) is 6.60. The van der Waals surface area contributed by atoms with Crippen LogP contribution in [-0.2, 0) is 0 Å². The number of rotatable bonds is 1. The Morgan fingerprint density at radius 2 is 2.17 bits per heavy atom. The van der Waals surface area contributed by atoms with E-state index >= 15 is 0 Å². The highest BCUT2D eigenvalue weighted by Crippen LogP contribution is 2.33. The first kappa shape index (κ1) is 8.15. The molecule has 0 spiro atoms. The molecule has 0 aliphatic carbocycles. The van der Waals surface area contributed by atoms with Crippen molar-refractivity contribution >= 4 is 33.0 Å². The lowest BCUT2D eigenvalue weighted by molar-refractivity contribution is 1.31. The maximum absolute atomic E-state index is 2.74. The molecular formula is C9H10NPS. The summed E-state index contributed by atoms with van der Waals surface area (Å²) in [7, 11) is 2.74. The lowest BCUT2D eigenvalue weighted by atomic mass is 10.2. The van der Waals surface area contributed by atoms with Crippen molar-refractivity contribution in [2.45, 2.75) is 0 Å². The van der Waals surface area contributed by atoms with Gasteiger partial charge in [0.25, 0.3) is 0 Å². The van der Waals surface area contributed by atoms with E-state index in [0.29, 0.717) is 0 Å². The van der Waals surface area contributed by atoms with E-state index < -0.39 is 0 Å². The molecule has 1 nitrogen and oxygen atoms in total. The van der Waals surface area contributed by atoms with E-state index in [1.165, 1.54) is 11.3 Å². The van der Waals surface area contributed by atoms with Crippen molar-refractivity contribution in [3.63, 3.8) is 0 Å². The molecule has 0 bridgehead atoms. The highest BCUT2D eigenvalue weighted by atomic mass is 32.2. The zero-order chi connectivity index (χ0) is 8.39. The Kier molecular flexibility index (Phi) is 2.38. The van der Waals surface area contributed by atoms with Crippen LogP contribution in [0.3, 0.4) is 0 Å². The number of para-hydroxylation sites is 1. The molecule has 0 saturated carbocycles. The fraction of sp³-hybridized carbons (Fsp3) is 0.111. The van der Waals surface area contributed by atoms with Gasteiger partial charge in [0.2, 0.25) is 0 Å². The molecule has 0 aromatic heterocycles. The summed E-state index contributed by atoms with van der Waals surface area (Å²) in [4.78, 5) is 0. The van der Waals surface area contributed by atoms with Gasteiger partial charge in [-0.2, -0.15) is 0 Å². The molecule has 62 valence electrons. The van der Waals surface area contributed by atoms with E-state index in [0.717, 1.165) is 6.29 Å². The summed E-state index contributed by atoms with van der Waals surface area (Å²) in [6.07, 6.45) is 3.11. The average molecular weight is 195 g/mol. The Morgan fingerprint density at radius 1 is 1.33 bits per heavy atom. The minimum absolute atomic E-state index is 0.964. The lowest BCUT2D eigenvalue weighted by Gasteiger charge is -2.24. The van der Waals surface area contributed by atoms with E-state index in [1.54, 1.807) is 11.9 Å². The molecule has 1 heterocycles. The Hall–Kier alpha value is -0.460. The van der Waals surface area contributed by atoms with Crippen molar-refractivity contribution in [2.75, 3.05) is 10.6 Å². The Balaban J connectivity index is 2.45. The topological polar surface area (TPSA) is 3.24 Å². The maximum atomic E-state index is 2.74. The molecule has 0 fully saturated rings. The van der Waals surface area contributed by atoms with Gasteiger partial charge < -0.3 is 4.31 Å². The van der Waals surface area contributed by atoms with Crippen molar-refractivity contribution in [1.82, 2.24) is 0 Å². The van der Waals surface area contributed by atoms with Gasteiger partial charge in [0, 0.05) is 6.29 Å². The smallest absolute Gasteiger partial charge is 0.0549 e. The summed E-state index contributed by atoms with van der Waals surface area (Å²) in [5, 5.41) is 2.12. The maximum Gasteiger partial charge on any atom is 0.0549 e. The number of benzene rings is 1. The molecule has 0 radical (unpaired) electrons. The predicted molar refractivity (Wildman–Crippen MR) is 60.1 cm³/mol. The Morgan fingerprint density at radius 3 is 3.00 bits per heavy atom. The second-order valence-corrected chi connectivity index (χ2v) is 3.82. The minimum atomic E-state index is 0.964. The minimum Gasteiger partial charge on any atom is -0.308 e. The molecule has 1 aromatic carbocycles. The van der Waals surface area contributed by atoms with Crippen LogP contribution in [0.1, 0.15) is 5.56 Å². The summed E-state index contributed by atoms with van der Waals surface area (Å²) in [5.41, 5.74) is 2.61. The van der Waals surface area contributed by atoms with E-state index in [-0.39, 0.29) is 0 Å². The third kappa shape index (κ3) is 1.37. The second-order valence-electron chi connectivity index (χ2n) is 2.53. The molecule has 1 aliphatic rings. The van der Waals surface area contributed by atoms with Crippen molar-refractivity contribution < 1.29 is 0 Å². The van der Waals surface area contributed by atoms with Crippen LogP contribution in [0.15, 0.2) is 29.7 Å². The highest BCUT2D eigenvalue weighted by Gasteiger charge is 2.10. The van der Waals surface area contributed by atoms with Gasteiger partial charge in [0.15, 0.2) is 0 Å². The normalized spacial score (nSPS) is 14.6. The van der Waals surface area contributed by atoms with Crippen LogP contribution >= 0.6 is 21.2 Å². The van der Waals surface area contributed by atoms with Crippen LogP contribution in [0.4, 0.5) is 5.69 Å². The van der Waals surface area contributed by atoms with Crippen LogP contribution in [0, 0.1) is 0 Å². The highest BCUT2D eigenvalue weighted by molar-refractivity contribution is 8.03. The molecule has 1 aliphatic heterocycles. The molecule has 3 heteroatoms. The van der Waals surface area contributed by atoms with Gasteiger partial charge in [0.1, 0.15) is 0 Å². The fourth-order valence-corrected chi connectivity index (χ4v) is 2.41. The van der Waals surface area contributed by atoms with Crippen LogP contribution < -0.4 is 4.31 Å². The number of nitrogens with zero attached hydrogens (tertiary/aromatic N) is 1. The van der Waals surface area contributed by atoms with E-state index in [4.69, 9.17) is 0 Å². The lowest BCUT2D eigenvalue weighted by Crippen LogP contribution is -2.12. The third-order valence-corrected chi connectivity index (χ3v) is 3.29. The quantitative estimate of drug-likeness (QED) is 0.500. The van der Waals surface area contributed by atoms with Crippen LogP contribution in [0.25, 0.3) is 6.08 Å². The van der Waals surface area contributed by atoms with Crippen LogP contribution in [0.2, 0.25) is 0 Å². The third-order valence-electron chi connectivity index (χ3n) is 1.81. The summed E-state index contributed by atoms with van der Waals surface area (Å²) in [6.45, 7) is 0. The summed E-state index contributed by atoms with van der Waals surface area (Å²) in [5.74, 6) is 0. The molecule has 1 unspecified atom stereocenters. The molecule has 0 N–H and O–H groups in total. The van der Waals surface area contributed by atoms with Gasteiger partial charge in [0.05, 0.1) is 5.69 Å². The van der Waals surface area contributed by atoms with Gasteiger partial charge in [-0.05, 0) is 35.1 Å². The SMILES string of the molecule is PCN1SC=Cc2ccccc21. The van der Waals surface area contributed by atoms with Gasteiger partial charge >= 0.3 is 0 Å². The van der Waals surface area contributed by atoms with Crippen molar-refractivity contribution in [1.29, 1.82) is 0 Å². The first-order valence-corrected chi connectivity index (χ1v) is 5.47. The molecule has 2 rings (SSSR count). The fourth-order valence-electron chi connectivity index (χ4n) is 1.23. The summed E-state index contributed by atoms with van der Waals surface area (Å²) in [6, 6.07) is 8.43. The summed E-state index contributed by atoms with van der Waals surface area (Å²) < 4.78 is 2.25. The summed E-state index contributed by atoms with van der Waals surface area (Å²) >= 11 is 1.74. The van der Waals surface area contributed by atoms with Gasteiger partial charge in [-0.3, -0.25) is 0 Å². The zero-order valence-corrected chi connectivity index (χ0v) is 8.58. The molecule has 1 atom stereocenters. The molecule has 0 saturated heterocycles. The largest absolute Gasteiger partial charge is 0.308 e. The predicted octanol–water partition coefficient (Wildman–Crippen LogP) is 2.96. The molecule has 0 amide bonds. The van der Waals surface area contributed by atoms with Gasteiger partial charge in [-0.15, -0.1) is 9.24 Å². The van der Waals surface area contributed by atoms with Crippen molar-refractivity contribution in [3.8, 4) is 0 Å². The molecule has 12 heavy (non-hydrogen) atoms. The first-order chi connectivity index (χ1) is 5.92. The number of fused-ring (bicyclic) bond motifs is 1. The van der Waals surface area contributed by atoms with Gasteiger partial charge in [-0.25, -0.2) is 0 Å². The van der Waals surface area contributed by atoms with Crippen LogP contribution in [0.5, 0.6) is 0 Å². The van der Waals surface area contributed by atoms with E-state index in [9.17, 15) is 0 Å². The van der Waals surface area contributed by atoms with Gasteiger partial charge in [-0.1, -0.05) is 18.2 Å². The van der Waals surface area contributed by atoms with Crippen molar-refractivity contribution in [3.05, 3.63) is 35.2 Å². The first-order valence-electron chi connectivity index (χ1n) is 3.82. The molecular weight excluding hydrogens is 185 g/mol. The number of hydrogen-bond acceptors (Lipinski definition) is 2. The Bertz CT molecular complexity index is 311. The standard InChI is InChI=1S/C9H10NPS/c11-7-10-9-4-2-1-3-8(9)5-6-12-10/h1-6H,7,11H2.